The number of carbonyl (C=O) groups excluding carboxylic acids is 1. The Morgan fingerprint density at radius 1 is 1.54 bits per heavy atom. The smallest absolute Gasteiger partial charge is 0.213 e. The minimum atomic E-state index is 0.112. The molecule has 70 valence electrons. The normalized spacial score (nSPS) is 9.69. The van der Waals surface area contributed by atoms with Gasteiger partial charge in [0.25, 0.3) is 0 Å². The summed E-state index contributed by atoms with van der Waals surface area (Å²) < 4.78 is 5.21. The third kappa shape index (κ3) is 3.23. The van der Waals surface area contributed by atoms with Gasteiger partial charge in [-0.3, -0.25) is 4.79 Å². The Bertz CT molecular complexity index is 297. The maximum absolute atomic E-state index is 10.8. The van der Waals surface area contributed by atoms with Crippen LogP contribution in [0.25, 0.3) is 0 Å². The van der Waals surface area contributed by atoms with Gasteiger partial charge in [-0.2, -0.15) is 0 Å². The number of pyridine rings is 1. The fraction of sp³-hybridized carbons (Fsp3) is 0.400. The van der Waals surface area contributed by atoms with Gasteiger partial charge in [-0.05, 0) is 19.9 Å². The fourth-order valence-electron chi connectivity index (χ4n) is 1.04. The van der Waals surface area contributed by atoms with Crippen LogP contribution in [-0.2, 0) is 11.2 Å². The van der Waals surface area contributed by atoms with E-state index >= 15 is 0 Å². The molecule has 0 radical (unpaired) electrons. The molecule has 1 aromatic rings. The summed E-state index contributed by atoms with van der Waals surface area (Å²) in [7, 11) is 0. The maximum atomic E-state index is 10.8. The van der Waals surface area contributed by atoms with E-state index in [2.05, 4.69) is 4.98 Å². The van der Waals surface area contributed by atoms with Crippen molar-refractivity contribution in [1.29, 1.82) is 0 Å². The molecule has 0 spiro atoms. The lowest BCUT2D eigenvalue weighted by atomic mass is 10.2. The average Bonchev–Trinajstić information content (AvgIpc) is 2.04. The van der Waals surface area contributed by atoms with E-state index in [-0.39, 0.29) is 5.78 Å². The zero-order valence-corrected chi connectivity index (χ0v) is 7.91. The molecule has 0 saturated carbocycles. The van der Waals surface area contributed by atoms with Gasteiger partial charge in [0.1, 0.15) is 5.78 Å². The maximum Gasteiger partial charge on any atom is 0.213 e. The number of aromatic nitrogens is 1. The molecular formula is C10H13NO2. The van der Waals surface area contributed by atoms with Gasteiger partial charge in [0.05, 0.1) is 12.3 Å². The van der Waals surface area contributed by atoms with Crippen LogP contribution in [0, 0.1) is 0 Å². The van der Waals surface area contributed by atoms with Crippen LogP contribution >= 0.6 is 0 Å². The molecular weight excluding hydrogens is 166 g/mol. The van der Waals surface area contributed by atoms with Gasteiger partial charge in [-0.15, -0.1) is 0 Å². The molecule has 13 heavy (non-hydrogen) atoms. The van der Waals surface area contributed by atoms with Crippen LogP contribution < -0.4 is 4.74 Å². The first-order chi connectivity index (χ1) is 6.22. The van der Waals surface area contributed by atoms with E-state index in [4.69, 9.17) is 4.74 Å². The second kappa shape index (κ2) is 4.60. The molecule has 0 bridgehead atoms. The summed E-state index contributed by atoms with van der Waals surface area (Å²) in [5, 5.41) is 0. The molecule has 0 aromatic carbocycles. The molecule has 3 heteroatoms. The quantitative estimate of drug-likeness (QED) is 0.705. The Morgan fingerprint density at radius 3 is 2.92 bits per heavy atom. The van der Waals surface area contributed by atoms with E-state index in [1.54, 1.807) is 13.0 Å². The molecule has 1 aromatic heterocycles. The van der Waals surface area contributed by atoms with Crippen molar-refractivity contribution in [2.24, 2.45) is 0 Å². The standard InChI is InChI=1S/C10H13NO2/c1-3-13-10-6-4-5-9(11-10)7-8(2)12/h4-6H,3,7H2,1-2H3. The largest absolute Gasteiger partial charge is 0.478 e. The summed E-state index contributed by atoms with van der Waals surface area (Å²) in [6, 6.07) is 5.45. The topological polar surface area (TPSA) is 39.2 Å². The lowest BCUT2D eigenvalue weighted by molar-refractivity contribution is -0.116. The van der Waals surface area contributed by atoms with E-state index in [9.17, 15) is 4.79 Å². The monoisotopic (exact) mass is 179 g/mol. The van der Waals surface area contributed by atoms with Crippen molar-refractivity contribution in [1.82, 2.24) is 4.98 Å². The highest BCUT2D eigenvalue weighted by molar-refractivity contribution is 5.77. The third-order valence-electron chi connectivity index (χ3n) is 1.50. The molecule has 3 nitrogen and oxygen atoms in total. The predicted octanol–water partition coefficient (Wildman–Crippen LogP) is 1.61. The van der Waals surface area contributed by atoms with Crippen LogP contribution in [-0.4, -0.2) is 17.4 Å². The minimum absolute atomic E-state index is 0.112. The highest BCUT2D eigenvalue weighted by Gasteiger charge is 2.00. The van der Waals surface area contributed by atoms with Gasteiger partial charge in [0, 0.05) is 12.5 Å². The molecule has 0 aliphatic heterocycles. The number of Topliss-reactive ketones (excluding diaryl/α,β-unsaturated/α-hetero) is 1. The van der Waals surface area contributed by atoms with Crippen LogP contribution in [0.2, 0.25) is 0 Å². The number of hydrogen-bond acceptors (Lipinski definition) is 3. The minimum Gasteiger partial charge on any atom is -0.478 e. The highest BCUT2D eigenvalue weighted by Crippen LogP contribution is 2.07. The lowest BCUT2D eigenvalue weighted by Crippen LogP contribution is -2.01. The van der Waals surface area contributed by atoms with Crippen molar-refractivity contribution in [3.63, 3.8) is 0 Å². The number of carbonyl (C=O) groups is 1. The van der Waals surface area contributed by atoms with Gasteiger partial charge in [-0.25, -0.2) is 4.98 Å². The Hall–Kier alpha value is -1.38. The molecule has 0 aliphatic rings. The summed E-state index contributed by atoms with van der Waals surface area (Å²) in [6.45, 7) is 4.05. The number of hydrogen-bond donors (Lipinski definition) is 0. The molecule has 0 N–H and O–H groups in total. The van der Waals surface area contributed by atoms with Gasteiger partial charge in [-0.1, -0.05) is 6.07 Å². The molecule has 0 unspecified atom stereocenters. The Balaban J connectivity index is 2.73. The Labute approximate surface area is 77.8 Å². The average molecular weight is 179 g/mol. The van der Waals surface area contributed by atoms with Crippen LogP contribution in [0.4, 0.5) is 0 Å². The van der Waals surface area contributed by atoms with Crippen LogP contribution in [0.5, 0.6) is 5.88 Å². The molecule has 0 atom stereocenters. The summed E-state index contributed by atoms with van der Waals surface area (Å²) in [5.41, 5.74) is 0.762. The molecule has 1 heterocycles. The third-order valence-corrected chi connectivity index (χ3v) is 1.50. The molecule has 0 aliphatic carbocycles. The number of ether oxygens (including phenoxy) is 1. The van der Waals surface area contributed by atoms with Gasteiger partial charge in [0.15, 0.2) is 0 Å². The Morgan fingerprint density at radius 2 is 2.31 bits per heavy atom. The lowest BCUT2D eigenvalue weighted by Gasteiger charge is -2.02. The van der Waals surface area contributed by atoms with Crippen molar-refractivity contribution in [3.8, 4) is 5.88 Å². The second-order valence-electron chi connectivity index (χ2n) is 2.78. The first kappa shape index (κ1) is 9.71. The molecule has 0 saturated heterocycles. The number of nitrogens with zero attached hydrogens (tertiary/aromatic N) is 1. The summed E-state index contributed by atoms with van der Waals surface area (Å²) in [4.78, 5) is 15.0. The highest BCUT2D eigenvalue weighted by atomic mass is 16.5. The first-order valence-electron chi connectivity index (χ1n) is 4.30. The summed E-state index contributed by atoms with van der Waals surface area (Å²) in [6.07, 6.45) is 0.376. The SMILES string of the molecule is CCOc1cccc(CC(C)=O)n1. The molecule has 1 rings (SSSR count). The van der Waals surface area contributed by atoms with E-state index in [1.165, 1.54) is 0 Å². The van der Waals surface area contributed by atoms with E-state index in [1.807, 2.05) is 19.1 Å². The van der Waals surface area contributed by atoms with Crippen molar-refractivity contribution < 1.29 is 9.53 Å². The van der Waals surface area contributed by atoms with Crippen LogP contribution in [0.15, 0.2) is 18.2 Å². The Kier molecular flexibility index (Phi) is 3.43. The van der Waals surface area contributed by atoms with Gasteiger partial charge >= 0.3 is 0 Å². The van der Waals surface area contributed by atoms with Gasteiger partial charge < -0.3 is 4.74 Å². The van der Waals surface area contributed by atoms with Crippen LogP contribution in [0.1, 0.15) is 19.5 Å². The van der Waals surface area contributed by atoms with Crippen molar-refractivity contribution >= 4 is 5.78 Å². The zero-order chi connectivity index (χ0) is 9.68. The van der Waals surface area contributed by atoms with E-state index in [0.717, 1.165) is 5.69 Å². The summed E-state index contributed by atoms with van der Waals surface area (Å²) >= 11 is 0. The predicted molar refractivity (Wildman–Crippen MR) is 49.8 cm³/mol. The second-order valence-corrected chi connectivity index (χ2v) is 2.78. The summed E-state index contributed by atoms with van der Waals surface area (Å²) in [5.74, 6) is 0.697. The molecule has 0 fully saturated rings. The van der Waals surface area contributed by atoms with E-state index in [0.29, 0.717) is 18.9 Å². The van der Waals surface area contributed by atoms with Crippen LogP contribution in [0.3, 0.4) is 0 Å². The number of rotatable bonds is 4. The number of ketones is 1. The van der Waals surface area contributed by atoms with E-state index < -0.39 is 0 Å². The van der Waals surface area contributed by atoms with Crippen molar-refractivity contribution in [2.45, 2.75) is 20.3 Å². The van der Waals surface area contributed by atoms with Crippen molar-refractivity contribution in [2.75, 3.05) is 6.61 Å². The first-order valence-corrected chi connectivity index (χ1v) is 4.30. The molecule has 0 amide bonds. The zero-order valence-electron chi connectivity index (χ0n) is 7.91. The fourth-order valence-corrected chi connectivity index (χ4v) is 1.04. The van der Waals surface area contributed by atoms with Gasteiger partial charge in [0.2, 0.25) is 5.88 Å². The van der Waals surface area contributed by atoms with Crippen molar-refractivity contribution in [3.05, 3.63) is 23.9 Å².